The van der Waals surface area contributed by atoms with E-state index in [0.29, 0.717) is 13.2 Å². The molecule has 4 heteroatoms. The second-order valence-electron chi connectivity index (χ2n) is 7.21. The predicted octanol–water partition coefficient (Wildman–Crippen LogP) is 3.46. The number of amidine groups is 1. The Morgan fingerprint density at radius 1 is 1.04 bits per heavy atom. The first-order valence-electron chi connectivity index (χ1n) is 8.99. The Morgan fingerprint density at radius 3 is 2.26 bits per heavy atom. The molecule has 0 spiro atoms. The highest BCUT2D eigenvalue weighted by Gasteiger charge is 2.36. The summed E-state index contributed by atoms with van der Waals surface area (Å²) in [4.78, 5) is 4.03. The first kappa shape index (κ1) is 14.9. The fraction of sp³-hybridized carbons (Fsp3) is 0.632. The SMILES string of the molecule is NC1=NCC(COc2ccc(C3C4CCCC3CCC4)cc2)O1. The molecule has 0 amide bonds. The van der Waals surface area contributed by atoms with E-state index in [1.807, 2.05) is 0 Å². The Kier molecular flexibility index (Phi) is 4.15. The molecule has 1 aromatic rings. The van der Waals surface area contributed by atoms with Gasteiger partial charge in [-0.05, 0) is 61.1 Å². The highest BCUT2D eigenvalue weighted by atomic mass is 16.5. The molecular formula is C19H26N2O2. The van der Waals surface area contributed by atoms with E-state index in [4.69, 9.17) is 15.2 Å². The van der Waals surface area contributed by atoms with E-state index in [9.17, 15) is 0 Å². The van der Waals surface area contributed by atoms with Gasteiger partial charge in [-0.25, -0.2) is 4.99 Å². The topological polar surface area (TPSA) is 56.8 Å². The van der Waals surface area contributed by atoms with Gasteiger partial charge < -0.3 is 15.2 Å². The van der Waals surface area contributed by atoms with E-state index in [-0.39, 0.29) is 12.1 Å². The number of hydrogen-bond acceptors (Lipinski definition) is 4. The molecule has 0 saturated heterocycles. The fourth-order valence-electron chi connectivity index (χ4n) is 4.72. The van der Waals surface area contributed by atoms with Crippen molar-refractivity contribution in [2.24, 2.45) is 22.6 Å². The third-order valence-electron chi connectivity index (χ3n) is 5.75. The zero-order chi connectivity index (χ0) is 15.6. The van der Waals surface area contributed by atoms with Crippen LogP contribution in [0.4, 0.5) is 0 Å². The summed E-state index contributed by atoms with van der Waals surface area (Å²) in [6.45, 7) is 1.09. The molecule has 2 bridgehead atoms. The molecule has 1 aliphatic heterocycles. The summed E-state index contributed by atoms with van der Waals surface area (Å²) in [5.74, 6) is 3.49. The molecule has 23 heavy (non-hydrogen) atoms. The van der Waals surface area contributed by atoms with Crippen molar-refractivity contribution in [2.45, 2.75) is 50.5 Å². The van der Waals surface area contributed by atoms with Crippen molar-refractivity contribution >= 4 is 6.02 Å². The highest BCUT2D eigenvalue weighted by molar-refractivity contribution is 5.73. The minimum Gasteiger partial charge on any atom is -0.490 e. The van der Waals surface area contributed by atoms with Gasteiger partial charge in [-0.3, -0.25) is 0 Å². The van der Waals surface area contributed by atoms with Gasteiger partial charge in [-0.1, -0.05) is 25.0 Å². The molecule has 1 atom stereocenters. The minimum atomic E-state index is -0.0487. The molecule has 0 aromatic heterocycles. The Balaban J connectivity index is 1.38. The van der Waals surface area contributed by atoms with Crippen LogP contribution in [-0.2, 0) is 4.74 Å². The van der Waals surface area contributed by atoms with Gasteiger partial charge >= 0.3 is 0 Å². The lowest BCUT2D eigenvalue weighted by Crippen LogP contribution is -2.30. The van der Waals surface area contributed by atoms with Gasteiger partial charge in [0.1, 0.15) is 12.4 Å². The molecule has 0 radical (unpaired) electrons. The number of nitrogens with zero attached hydrogens (tertiary/aromatic N) is 1. The number of ether oxygens (including phenoxy) is 2. The number of fused-ring (bicyclic) bond motifs is 2. The van der Waals surface area contributed by atoms with E-state index >= 15 is 0 Å². The molecule has 124 valence electrons. The first-order valence-corrected chi connectivity index (χ1v) is 8.99. The Bertz CT molecular complexity index is 547. The summed E-state index contributed by atoms with van der Waals surface area (Å²) in [5, 5.41) is 0. The molecule has 4 rings (SSSR count). The summed E-state index contributed by atoms with van der Waals surface area (Å²) in [6.07, 6.45) is 8.48. The average Bonchev–Trinajstić information content (AvgIpc) is 2.98. The molecule has 2 saturated carbocycles. The quantitative estimate of drug-likeness (QED) is 0.926. The van der Waals surface area contributed by atoms with Crippen molar-refractivity contribution in [1.82, 2.24) is 0 Å². The number of benzene rings is 1. The van der Waals surface area contributed by atoms with Gasteiger partial charge in [0.25, 0.3) is 6.02 Å². The average molecular weight is 314 g/mol. The van der Waals surface area contributed by atoms with Crippen LogP contribution in [-0.4, -0.2) is 25.3 Å². The van der Waals surface area contributed by atoms with Crippen LogP contribution in [0.2, 0.25) is 0 Å². The van der Waals surface area contributed by atoms with Crippen LogP contribution in [0, 0.1) is 11.8 Å². The van der Waals surface area contributed by atoms with Crippen molar-refractivity contribution in [3.63, 3.8) is 0 Å². The van der Waals surface area contributed by atoms with Crippen LogP contribution in [0.15, 0.2) is 29.3 Å². The molecule has 2 fully saturated rings. The second kappa shape index (κ2) is 6.42. The van der Waals surface area contributed by atoms with E-state index in [1.165, 1.54) is 44.1 Å². The molecule has 2 aliphatic carbocycles. The van der Waals surface area contributed by atoms with Crippen molar-refractivity contribution in [3.05, 3.63) is 29.8 Å². The number of aliphatic imine (C=N–C) groups is 1. The van der Waals surface area contributed by atoms with Crippen molar-refractivity contribution in [2.75, 3.05) is 13.2 Å². The van der Waals surface area contributed by atoms with Crippen LogP contribution < -0.4 is 10.5 Å². The summed E-state index contributed by atoms with van der Waals surface area (Å²) >= 11 is 0. The lowest BCUT2D eigenvalue weighted by Gasteiger charge is -2.43. The lowest BCUT2D eigenvalue weighted by atomic mass is 9.62. The van der Waals surface area contributed by atoms with Crippen LogP contribution in [0.5, 0.6) is 5.75 Å². The predicted molar refractivity (Wildman–Crippen MR) is 90.7 cm³/mol. The van der Waals surface area contributed by atoms with Gasteiger partial charge in [0.15, 0.2) is 6.10 Å². The summed E-state index contributed by atoms with van der Waals surface area (Å²) < 4.78 is 11.2. The maximum atomic E-state index is 5.82. The van der Waals surface area contributed by atoms with Crippen LogP contribution in [0.25, 0.3) is 0 Å². The van der Waals surface area contributed by atoms with E-state index in [1.54, 1.807) is 0 Å². The van der Waals surface area contributed by atoms with Gasteiger partial charge in [0.2, 0.25) is 0 Å². The standard InChI is InChI=1S/C19H26N2O2/c20-19-21-11-17(23-19)12-22-16-9-7-15(8-10-16)18-13-3-1-4-14(18)6-2-5-13/h7-10,13-14,17-18H,1-6,11-12H2,(H2,20,21). The van der Waals surface area contributed by atoms with Gasteiger partial charge in [0, 0.05) is 0 Å². The molecule has 3 aliphatic rings. The third-order valence-corrected chi connectivity index (χ3v) is 5.75. The first-order chi connectivity index (χ1) is 11.3. The molecule has 1 aromatic carbocycles. The summed E-state index contributed by atoms with van der Waals surface area (Å²) in [5.41, 5.74) is 7.02. The van der Waals surface area contributed by atoms with Crippen LogP contribution in [0.3, 0.4) is 0 Å². The lowest BCUT2D eigenvalue weighted by molar-refractivity contribution is 0.141. The van der Waals surface area contributed by atoms with Crippen molar-refractivity contribution in [3.8, 4) is 5.75 Å². The zero-order valence-corrected chi connectivity index (χ0v) is 13.6. The number of rotatable bonds is 4. The molecule has 1 heterocycles. The fourth-order valence-corrected chi connectivity index (χ4v) is 4.72. The number of nitrogens with two attached hydrogens (primary N) is 1. The smallest absolute Gasteiger partial charge is 0.282 e. The monoisotopic (exact) mass is 314 g/mol. The van der Waals surface area contributed by atoms with E-state index in [2.05, 4.69) is 29.3 Å². The van der Waals surface area contributed by atoms with Gasteiger partial charge in [-0.2, -0.15) is 0 Å². The van der Waals surface area contributed by atoms with Crippen LogP contribution >= 0.6 is 0 Å². The summed E-state index contributed by atoms with van der Waals surface area (Å²) in [6, 6.07) is 9.05. The Labute approximate surface area is 138 Å². The summed E-state index contributed by atoms with van der Waals surface area (Å²) in [7, 11) is 0. The Hall–Kier alpha value is -1.71. The molecular weight excluding hydrogens is 288 g/mol. The maximum absolute atomic E-state index is 5.82. The van der Waals surface area contributed by atoms with Crippen LogP contribution in [0.1, 0.15) is 50.0 Å². The maximum Gasteiger partial charge on any atom is 0.282 e. The van der Waals surface area contributed by atoms with Gasteiger partial charge in [0.05, 0.1) is 6.54 Å². The molecule has 2 N–H and O–H groups in total. The van der Waals surface area contributed by atoms with Crippen molar-refractivity contribution in [1.29, 1.82) is 0 Å². The van der Waals surface area contributed by atoms with E-state index in [0.717, 1.165) is 23.5 Å². The molecule has 4 nitrogen and oxygen atoms in total. The normalized spacial score (nSPS) is 33.0. The van der Waals surface area contributed by atoms with E-state index < -0.39 is 0 Å². The minimum absolute atomic E-state index is 0.0487. The second-order valence-corrected chi connectivity index (χ2v) is 7.21. The Morgan fingerprint density at radius 2 is 1.70 bits per heavy atom. The zero-order valence-electron chi connectivity index (χ0n) is 13.6. The largest absolute Gasteiger partial charge is 0.490 e. The van der Waals surface area contributed by atoms with Crippen molar-refractivity contribution < 1.29 is 9.47 Å². The third kappa shape index (κ3) is 3.17. The number of hydrogen-bond donors (Lipinski definition) is 1. The van der Waals surface area contributed by atoms with Gasteiger partial charge in [-0.15, -0.1) is 0 Å². The highest BCUT2D eigenvalue weighted by Crippen LogP contribution is 2.49. The molecule has 1 unspecified atom stereocenters.